The second kappa shape index (κ2) is 8.72. The predicted octanol–water partition coefficient (Wildman–Crippen LogP) is 2.66. The molecule has 0 aromatic heterocycles. The SMILES string of the molecule is CCCCCCC(O)CC(=O)OC(C)C. The quantitative estimate of drug-likeness (QED) is 0.501. The summed E-state index contributed by atoms with van der Waals surface area (Å²) >= 11 is 0. The van der Waals surface area contributed by atoms with Gasteiger partial charge in [-0.05, 0) is 20.3 Å². The van der Waals surface area contributed by atoms with Gasteiger partial charge in [0.2, 0.25) is 0 Å². The van der Waals surface area contributed by atoms with E-state index >= 15 is 0 Å². The Morgan fingerprint density at radius 1 is 1.27 bits per heavy atom. The van der Waals surface area contributed by atoms with Crippen LogP contribution in [0.2, 0.25) is 0 Å². The Hall–Kier alpha value is -0.570. The molecule has 0 heterocycles. The van der Waals surface area contributed by atoms with Crippen molar-refractivity contribution in [3.8, 4) is 0 Å². The number of hydrogen-bond donors (Lipinski definition) is 1. The van der Waals surface area contributed by atoms with Crippen LogP contribution in [0.5, 0.6) is 0 Å². The first-order chi connectivity index (χ1) is 7.06. The van der Waals surface area contributed by atoms with Gasteiger partial charge in [0, 0.05) is 0 Å². The minimum Gasteiger partial charge on any atom is -0.463 e. The van der Waals surface area contributed by atoms with Crippen LogP contribution in [0, 0.1) is 0 Å². The van der Waals surface area contributed by atoms with Crippen LogP contribution in [0.15, 0.2) is 0 Å². The molecule has 3 heteroatoms. The van der Waals surface area contributed by atoms with Crippen LogP contribution in [-0.2, 0) is 9.53 Å². The third kappa shape index (κ3) is 9.73. The van der Waals surface area contributed by atoms with Crippen molar-refractivity contribution in [2.24, 2.45) is 0 Å². The summed E-state index contributed by atoms with van der Waals surface area (Å²) in [4.78, 5) is 11.2. The maximum Gasteiger partial charge on any atom is 0.308 e. The molecule has 1 N–H and O–H groups in total. The maximum atomic E-state index is 11.2. The predicted molar refractivity (Wildman–Crippen MR) is 60.6 cm³/mol. The first-order valence-electron chi connectivity index (χ1n) is 5.93. The largest absolute Gasteiger partial charge is 0.463 e. The van der Waals surface area contributed by atoms with E-state index in [0.29, 0.717) is 6.42 Å². The van der Waals surface area contributed by atoms with Gasteiger partial charge < -0.3 is 9.84 Å². The molecule has 0 aliphatic carbocycles. The van der Waals surface area contributed by atoms with Crippen molar-refractivity contribution in [3.05, 3.63) is 0 Å². The Balaban J connectivity index is 3.46. The van der Waals surface area contributed by atoms with Crippen molar-refractivity contribution in [3.63, 3.8) is 0 Å². The maximum absolute atomic E-state index is 11.2. The van der Waals surface area contributed by atoms with Gasteiger partial charge in [0.1, 0.15) is 0 Å². The molecule has 0 saturated heterocycles. The molecule has 0 aromatic rings. The standard InChI is InChI=1S/C12H24O3/c1-4-5-6-7-8-11(13)9-12(14)15-10(2)3/h10-11,13H,4-9H2,1-3H3. The molecule has 0 spiro atoms. The number of esters is 1. The smallest absolute Gasteiger partial charge is 0.308 e. The molecule has 0 radical (unpaired) electrons. The van der Waals surface area contributed by atoms with Crippen LogP contribution in [0.4, 0.5) is 0 Å². The fraction of sp³-hybridized carbons (Fsp3) is 0.917. The lowest BCUT2D eigenvalue weighted by molar-refractivity contribution is -0.149. The fourth-order valence-electron chi connectivity index (χ4n) is 1.41. The van der Waals surface area contributed by atoms with E-state index in [1.54, 1.807) is 0 Å². The molecular weight excluding hydrogens is 192 g/mol. The Morgan fingerprint density at radius 2 is 1.93 bits per heavy atom. The summed E-state index contributed by atoms with van der Waals surface area (Å²) in [5.74, 6) is -0.298. The van der Waals surface area contributed by atoms with Crippen molar-refractivity contribution < 1.29 is 14.6 Å². The van der Waals surface area contributed by atoms with Gasteiger partial charge in [-0.2, -0.15) is 0 Å². The van der Waals surface area contributed by atoms with Crippen LogP contribution in [0.25, 0.3) is 0 Å². The number of carbonyl (C=O) groups is 1. The normalized spacial score (nSPS) is 12.9. The number of ether oxygens (including phenoxy) is 1. The average Bonchev–Trinajstić information content (AvgIpc) is 2.10. The van der Waals surface area contributed by atoms with Gasteiger partial charge in [0.15, 0.2) is 0 Å². The number of hydrogen-bond acceptors (Lipinski definition) is 3. The molecule has 0 bridgehead atoms. The average molecular weight is 216 g/mol. The van der Waals surface area contributed by atoms with E-state index in [0.717, 1.165) is 12.8 Å². The molecule has 90 valence electrons. The first-order valence-corrected chi connectivity index (χ1v) is 5.93. The van der Waals surface area contributed by atoms with Crippen LogP contribution in [0.3, 0.4) is 0 Å². The second-order valence-electron chi connectivity index (χ2n) is 4.25. The number of aliphatic hydroxyl groups is 1. The lowest BCUT2D eigenvalue weighted by Crippen LogP contribution is -2.18. The van der Waals surface area contributed by atoms with E-state index in [4.69, 9.17) is 4.74 Å². The zero-order chi connectivity index (χ0) is 11.7. The molecular formula is C12H24O3. The van der Waals surface area contributed by atoms with Gasteiger partial charge in [0.05, 0.1) is 18.6 Å². The third-order valence-corrected chi connectivity index (χ3v) is 2.16. The number of aliphatic hydroxyl groups excluding tert-OH is 1. The Kier molecular flexibility index (Phi) is 8.38. The van der Waals surface area contributed by atoms with Crippen LogP contribution in [-0.4, -0.2) is 23.3 Å². The lowest BCUT2D eigenvalue weighted by atomic mass is 10.1. The minimum absolute atomic E-state index is 0.0928. The number of rotatable bonds is 8. The van der Waals surface area contributed by atoms with E-state index in [-0.39, 0.29) is 18.5 Å². The van der Waals surface area contributed by atoms with Gasteiger partial charge in [-0.1, -0.05) is 32.6 Å². The highest BCUT2D eigenvalue weighted by Gasteiger charge is 2.12. The summed E-state index contributed by atoms with van der Waals surface area (Å²) in [6.07, 6.45) is 4.71. The summed E-state index contributed by atoms with van der Waals surface area (Å²) in [6, 6.07) is 0. The summed E-state index contributed by atoms with van der Waals surface area (Å²) < 4.78 is 4.95. The summed E-state index contributed by atoms with van der Waals surface area (Å²) in [5.41, 5.74) is 0. The molecule has 1 unspecified atom stereocenters. The van der Waals surface area contributed by atoms with Crippen molar-refractivity contribution in [2.75, 3.05) is 0 Å². The van der Waals surface area contributed by atoms with Gasteiger partial charge in [0.25, 0.3) is 0 Å². The molecule has 1 atom stereocenters. The molecule has 0 aliphatic rings. The zero-order valence-electron chi connectivity index (χ0n) is 10.2. The second-order valence-corrected chi connectivity index (χ2v) is 4.25. The fourth-order valence-corrected chi connectivity index (χ4v) is 1.41. The Labute approximate surface area is 92.8 Å². The van der Waals surface area contributed by atoms with E-state index in [9.17, 15) is 9.90 Å². The van der Waals surface area contributed by atoms with Crippen molar-refractivity contribution >= 4 is 5.97 Å². The Morgan fingerprint density at radius 3 is 2.47 bits per heavy atom. The monoisotopic (exact) mass is 216 g/mol. The van der Waals surface area contributed by atoms with Gasteiger partial charge in [-0.25, -0.2) is 0 Å². The van der Waals surface area contributed by atoms with E-state index in [1.807, 2.05) is 13.8 Å². The molecule has 0 amide bonds. The first kappa shape index (κ1) is 14.4. The Bertz CT molecular complexity index is 166. The summed E-state index contributed by atoms with van der Waals surface area (Å²) in [5, 5.41) is 9.53. The van der Waals surface area contributed by atoms with E-state index in [1.165, 1.54) is 12.8 Å². The molecule has 0 aromatic carbocycles. The minimum atomic E-state index is -0.534. The molecule has 15 heavy (non-hydrogen) atoms. The third-order valence-electron chi connectivity index (χ3n) is 2.16. The lowest BCUT2D eigenvalue weighted by Gasteiger charge is -2.11. The molecule has 0 aliphatic heterocycles. The van der Waals surface area contributed by atoms with Crippen molar-refractivity contribution in [1.29, 1.82) is 0 Å². The molecule has 3 nitrogen and oxygen atoms in total. The van der Waals surface area contributed by atoms with Gasteiger partial charge in [-0.15, -0.1) is 0 Å². The van der Waals surface area contributed by atoms with Crippen LogP contribution in [0.1, 0.15) is 59.3 Å². The number of carbonyl (C=O) groups excluding carboxylic acids is 1. The molecule has 0 rings (SSSR count). The van der Waals surface area contributed by atoms with E-state index < -0.39 is 6.10 Å². The highest BCUT2D eigenvalue weighted by Crippen LogP contribution is 2.09. The summed E-state index contributed by atoms with van der Waals surface area (Å²) in [6.45, 7) is 5.77. The molecule has 0 saturated carbocycles. The topological polar surface area (TPSA) is 46.5 Å². The molecule has 0 fully saturated rings. The van der Waals surface area contributed by atoms with Crippen molar-refractivity contribution in [1.82, 2.24) is 0 Å². The van der Waals surface area contributed by atoms with Gasteiger partial charge >= 0.3 is 5.97 Å². The van der Waals surface area contributed by atoms with Crippen LogP contribution >= 0.6 is 0 Å². The van der Waals surface area contributed by atoms with Crippen LogP contribution < -0.4 is 0 Å². The van der Waals surface area contributed by atoms with Gasteiger partial charge in [-0.3, -0.25) is 4.79 Å². The zero-order valence-corrected chi connectivity index (χ0v) is 10.2. The van der Waals surface area contributed by atoms with Crippen molar-refractivity contribution in [2.45, 2.75) is 71.5 Å². The summed E-state index contributed by atoms with van der Waals surface area (Å²) in [7, 11) is 0. The number of unbranched alkanes of at least 4 members (excludes halogenated alkanes) is 3. The highest BCUT2D eigenvalue weighted by atomic mass is 16.5. The highest BCUT2D eigenvalue weighted by molar-refractivity contribution is 5.70. The van der Waals surface area contributed by atoms with E-state index in [2.05, 4.69) is 6.92 Å².